The van der Waals surface area contributed by atoms with Gasteiger partial charge in [0.2, 0.25) is 0 Å². The number of rotatable bonds is 4. The third-order valence-electron chi connectivity index (χ3n) is 5.57. The molecule has 1 aromatic carbocycles. The van der Waals surface area contributed by atoms with Gasteiger partial charge in [-0.2, -0.15) is 22.3 Å². The molecule has 2 atom stereocenters. The highest BCUT2D eigenvalue weighted by molar-refractivity contribution is 7.86. The van der Waals surface area contributed by atoms with Crippen LogP contribution in [0.15, 0.2) is 24.3 Å². The molecule has 0 radical (unpaired) electrons. The highest BCUT2D eigenvalue weighted by Gasteiger charge is 2.47. The summed E-state index contributed by atoms with van der Waals surface area (Å²) in [5.41, 5.74) is 0.906. The van der Waals surface area contributed by atoms with Crippen molar-refractivity contribution in [1.29, 1.82) is 5.26 Å². The second-order valence-corrected chi connectivity index (χ2v) is 9.64. The van der Waals surface area contributed by atoms with E-state index in [4.69, 9.17) is 5.26 Å². The summed E-state index contributed by atoms with van der Waals surface area (Å²) in [5, 5.41) is 20.0. The van der Waals surface area contributed by atoms with Gasteiger partial charge in [-0.25, -0.2) is 0 Å². The van der Waals surface area contributed by atoms with Gasteiger partial charge in [0.1, 0.15) is 0 Å². The molecule has 2 aliphatic heterocycles. The molecule has 2 fully saturated rings. The van der Waals surface area contributed by atoms with Crippen LogP contribution in [-0.4, -0.2) is 72.9 Å². The van der Waals surface area contributed by atoms with Gasteiger partial charge in [-0.05, 0) is 30.5 Å². The molecule has 0 aliphatic carbocycles. The molecule has 0 aromatic heterocycles. The summed E-state index contributed by atoms with van der Waals surface area (Å²) < 4.78 is 27.6. The molecule has 8 heteroatoms. The van der Waals surface area contributed by atoms with E-state index in [9.17, 15) is 13.5 Å². The van der Waals surface area contributed by atoms with Gasteiger partial charge in [0.25, 0.3) is 10.2 Å². The molecule has 1 N–H and O–H groups in total. The van der Waals surface area contributed by atoms with Gasteiger partial charge in [0.15, 0.2) is 0 Å². The number of aliphatic hydroxyl groups is 1. The number of benzene rings is 1. The van der Waals surface area contributed by atoms with E-state index in [0.717, 1.165) is 12.1 Å². The van der Waals surface area contributed by atoms with Crippen LogP contribution >= 0.6 is 0 Å². The van der Waals surface area contributed by atoms with Crippen LogP contribution in [0.4, 0.5) is 0 Å². The molecule has 7 nitrogen and oxygen atoms in total. The topological polar surface area (TPSA) is 87.9 Å². The van der Waals surface area contributed by atoms with Crippen molar-refractivity contribution >= 4 is 10.2 Å². The third-order valence-corrected chi connectivity index (χ3v) is 7.47. The second kappa shape index (κ2) is 7.25. The summed E-state index contributed by atoms with van der Waals surface area (Å²) in [4.78, 5) is 2.24. The zero-order valence-electron chi connectivity index (χ0n) is 15.3. The van der Waals surface area contributed by atoms with Crippen LogP contribution in [-0.2, 0) is 16.8 Å². The van der Waals surface area contributed by atoms with Gasteiger partial charge in [-0.3, -0.25) is 4.90 Å². The minimum absolute atomic E-state index is 0.112. The molecule has 0 unspecified atom stereocenters. The average Bonchev–Trinajstić information content (AvgIpc) is 2.61. The van der Waals surface area contributed by atoms with E-state index in [-0.39, 0.29) is 5.92 Å². The summed E-state index contributed by atoms with van der Waals surface area (Å²) in [7, 11) is -0.395. The maximum absolute atomic E-state index is 12.4. The average molecular weight is 378 g/mol. The molecule has 0 saturated carbocycles. The first-order chi connectivity index (χ1) is 12.2. The van der Waals surface area contributed by atoms with Crippen molar-refractivity contribution in [2.75, 3.05) is 40.3 Å². The Bertz CT molecular complexity index is 805. The Morgan fingerprint density at radius 2 is 2.04 bits per heavy atom. The van der Waals surface area contributed by atoms with E-state index in [1.54, 1.807) is 6.07 Å². The molecular weight excluding hydrogens is 352 g/mol. The van der Waals surface area contributed by atoms with Crippen molar-refractivity contribution in [2.24, 2.45) is 5.92 Å². The lowest BCUT2D eigenvalue weighted by Crippen LogP contribution is -2.61. The van der Waals surface area contributed by atoms with E-state index in [2.05, 4.69) is 11.0 Å². The van der Waals surface area contributed by atoms with Crippen LogP contribution in [0, 0.1) is 17.2 Å². The highest BCUT2D eigenvalue weighted by Crippen LogP contribution is 2.36. The standard InChI is InChI=1S/C18H26N4O3S/c1-20(2)26(24,25)22-9-7-18(23)6-8-21(13-17(18)14-22)12-16-5-3-4-15(10-16)11-19/h3-5,10,17,23H,6-9,12-14H2,1-2H3/t17-,18-/m0/s1. The van der Waals surface area contributed by atoms with E-state index in [1.807, 2.05) is 18.2 Å². The van der Waals surface area contributed by atoms with E-state index in [0.29, 0.717) is 44.6 Å². The summed E-state index contributed by atoms with van der Waals surface area (Å²) in [6.07, 6.45) is 1.12. The number of likely N-dealkylation sites (tertiary alicyclic amines) is 1. The van der Waals surface area contributed by atoms with Crippen molar-refractivity contribution in [3.63, 3.8) is 0 Å². The minimum Gasteiger partial charge on any atom is -0.389 e. The normalized spacial score (nSPS) is 27.9. The van der Waals surface area contributed by atoms with Gasteiger partial charge in [-0.1, -0.05) is 12.1 Å². The Hall–Kier alpha value is -1.50. The predicted octanol–water partition coefficient (Wildman–Crippen LogP) is 0.623. The molecule has 26 heavy (non-hydrogen) atoms. The summed E-state index contributed by atoms with van der Waals surface area (Å²) in [6.45, 7) is 2.81. The van der Waals surface area contributed by atoms with Crippen LogP contribution < -0.4 is 0 Å². The quantitative estimate of drug-likeness (QED) is 0.830. The van der Waals surface area contributed by atoms with Crippen LogP contribution in [0.5, 0.6) is 0 Å². The Morgan fingerprint density at radius 1 is 1.31 bits per heavy atom. The molecule has 3 rings (SSSR count). The first kappa shape index (κ1) is 19.3. The number of fused-ring (bicyclic) bond motifs is 1. The SMILES string of the molecule is CN(C)S(=O)(=O)N1CC[C@@]2(O)CCN(Cc3cccc(C#N)c3)C[C@H]2C1. The largest absolute Gasteiger partial charge is 0.389 e. The fraction of sp³-hybridized carbons (Fsp3) is 0.611. The number of hydrogen-bond donors (Lipinski definition) is 1. The predicted molar refractivity (Wildman–Crippen MR) is 98.3 cm³/mol. The Labute approximate surface area is 155 Å². The monoisotopic (exact) mass is 378 g/mol. The molecule has 0 spiro atoms. The number of nitrogens with zero attached hydrogens (tertiary/aromatic N) is 4. The molecular formula is C18H26N4O3S. The van der Waals surface area contributed by atoms with E-state index in [1.165, 1.54) is 22.7 Å². The third kappa shape index (κ3) is 3.77. The lowest BCUT2D eigenvalue weighted by atomic mass is 9.76. The van der Waals surface area contributed by atoms with Gasteiger partial charge in [-0.15, -0.1) is 0 Å². The van der Waals surface area contributed by atoms with Crippen molar-refractivity contribution in [3.8, 4) is 6.07 Å². The van der Waals surface area contributed by atoms with Crippen LogP contribution in [0.3, 0.4) is 0 Å². The van der Waals surface area contributed by atoms with Crippen molar-refractivity contribution in [1.82, 2.24) is 13.5 Å². The van der Waals surface area contributed by atoms with Crippen molar-refractivity contribution in [2.45, 2.75) is 25.0 Å². The minimum atomic E-state index is -3.46. The Balaban J connectivity index is 1.71. The Kier molecular flexibility index (Phi) is 5.37. The first-order valence-electron chi connectivity index (χ1n) is 8.86. The molecule has 142 valence electrons. The van der Waals surface area contributed by atoms with Gasteiger partial charge in [0.05, 0.1) is 17.2 Å². The lowest BCUT2D eigenvalue weighted by Gasteiger charge is -2.50. The zero-order chi connectivity index (χ0) is 18.9. The fourth-order valence-corrected chi connectivity index (χ4v) is 5.07. The van der Waals surface area contributed by atoms with Crippen molar-refractivity contribution < 1.29 is 13.5 Å². The lowest BCUT2D eigenvalue weighted by molar-refractivity contribution is -0.103. The van der Waals surface area contributed by atoms with Crippen LogP contribution in [0.1, 0.15) is 24.0 Å². The number of nitriles is 1. The highest BCUT2D eigenvalue weighted by atomic mass is 32.2. The maximum Gasteiger partial charge on any atom is 0.281 e. The number of hydrogen-bond acceptors (Lipinski definition) is 5. The van der Waals surface area contributed by atoms with Gasteiger partial charge >= 0.3 is 0 Å². The van der Waals surface area contributed by atoms with Gasteiger partial charge < -0.3 is 5.11 Å². The molecule has 2 saturated heterocycles. The molecule has 0 amide bonds. The van der Waals surface area contributed by atoms with E-state index < -0.39 is 15.8 Å². The summed E-state index contributed by atoms with van der Waals surface area (Å²) >= 11 is 0. The van der Waals surface area contributed by atoms with Gasteiger partial charge in [0, 0.05) is 52.7 Å². The summed E-state index contributed by atoms with van der Waals surface area (Å²) in [5.74, 6) is -0.112. The van der Waals surface area contributed by atoms with Crippen LogP contribution in [0.2, 0.25) is 0 Å². The number of piperidine rings is 2. The Morgan fingerprint density at radius 3 is 2.73 bits per heavy atom. The molecule has 1 aromatic rings. The van der Waals surface area contributed by atoms with Crippen molar-refractivity contribution in [3.05, 3.63) is 35.4 Å². The smallest absolute Gasteiger partial charge is 0.281 e. The maximum atomic E-state index is 12.4. The second-order valence-electron chi connectivity index (χ2n) is 7.50. The fourth-order valence-electron chi connectivity index (χ4n) is 3.92. The van der Waals surface area contributed by atoms with Crippen LogP contribution in [0.25, 0.3) is 0 Å². The molecule has 2 aliphatic rings. The molecule has 0 bridgehead atoms. The first-order valence-corrected chi connectivity index (χ1v) is 10.3. The molecule has 2 heterocycles. The zero-order valence-corrected chi connectivity index (χ0v) is 16.1. The van der Waals surface area contributed by atoms with E-state index >= 15 is 0 Å². The summed E-state index contributed by atoms with van der Waals surface area (Å²) in [6, 6.07) is 9.68.